The zero-order valence-electron chi connectivity index (χ0n) is 14.0. The van der Waals surface area contributed by atoms with Crippen LogP contribution in [0.5, 0.6) is 0 Å². The molecule has 0 fully saturated rings. The molecule has 0 saturated carbocycles. The minimum Gasteiger partial charge on any atom is -0.485 e. The van der Waals surface area contributed by atoms with Crippen LogP contribution >= 0.6 is 22.1 Å². The number of rotatable bonds is 6. The highest BCUT2D eigenvalue weighted by Crippen LogP contribution is 2.61. The minimum absolute atomic E-state index is 0.423. The fourth-order valence-corrected chi connectivity index (χ4v) is 31.6. The Bertz CT molecular complexity index is 345. The Morgan fingerprint density at radius 2 is 1.53 bits per heavy atom. The maximum atomic E-state index is 5.90. The Morgan fingerprint density at radius 1 is 1.11 bits per heavy atom. The topological polar surface area (TPSA) is 9.23 Å². The average molecular weight is 381 g/mol. The first kappa shape index (κ1) is 19.7. The van der Waals surface area contributed by atoms with Crippen LogP contribution in [-0.2, 0) is 4.74 Å². The van der Waals surface area contributed by atoms with Crippen molar-refractivity contribution >= 4 is 38.3 Å². The van der Waals surface area contributed by atoms with E-state index in [9.17, 15) is 0 Å². The highest BCUT2D eigenvalue weighted by molar-refractivity contribution is 9.40. The van der Waals surface area contributed by atoms with Crippen molar-refractivity contribution in [2.45, 2.75) is 65.0 Å². The van der Waals surface area contributed by atoms with Crippen molar-refractivity contribution in [3.8, 4) is 0 Å². The van der Waals surface area contributed by atoms with Crippen LogP contribution in [-0.4, -0.2) is 27.7 Å². The summed E-state index contributed by atoms with van der Waals surface area (Å²) in [6.07, 6.45) is 0. The molecular formula is C14H30BrOPSi2. The highest BCUT2D eigenvalue weighted by Gasteiger charge is 2.43. The summed E-state index contributed by atoms with van der Waals surface area (Å²) in [7, 11) is -2.47. The summed E-state index contributed by atoms with van der Waals surface area (Å²) in [5, 5.41) is 0. The van der Waals surface area contributed by atoms with Crippen LogP contribution in [0.15, 0.2) is 16.8 Å². The van der Waals surface area contributed by atoms with Gasteiger partial charge in [-0.1, -0.05) is 60.5 Å². The van der Waals surface area contributed by atoms with Crippen molar-refractivity contribution < 1.29 is 4.74 Å². The molecule has 1 unspecified atom stereocenters. The molecule has 112 valence electrons. The zero-order chi connectivity index (χ0) is 15.4. The van der Waals surface area contributed by atoms with Crippen molar-refractivity contribution in [1.29, 1.82) is 0 Å². The monoisotopic (exact) mass is 380 g/mol. The van der Waals surface area contributed by atoms with E-state index in [0.717, 1.165) is 17.0 Å². The zero-order valence-corrected chi connectivity index (χ0v) is 18.5. The average Bonchev–Trinajstić information content (AvgIpc) is 2.11. The lowest BCUT2D eigenvalue weighted by Gasteiger charge is -2.41. The highest BCUT2D eigenvalue weighted by atomic mass is 79.9. The van der Waals surface area contributed by atoms with Gasteiger partial charge in [-0.05, 0) is 31.2 Å². The van der Waals surface area contributed by atoms with Crippen LogP contribution in [0.25, 0.3) is 0 Å². The van der Waals surface area contributed by atoms with Crippen molar-refractivity contribution in [3.63, 3.8) is 0 Å². The molecule has 0 N–H and O–H groups in total. The second-order valence-corrected chi connectivity index (χ2v) is 23.3. The summed E-state index contributed by atoms with van der Waals surface area (Å²) < 4.78 is 5.90. The molecule has 0 radical (unpaired) electrons. The molecule has 0 aromatic rings. The predicted molar refractivity (Wildman–Crippen MR) is 99.8 cm³/mol. The normalized spacial score (nSPS) is 14.1. The van der Waals surface area contributed by atoms with Gasteiger partial charge in [0.2, 0.25) is 0 Å². The summed E-state index contributed by atoms with van der Waals surface area (Å²) in [5.41, 5.74) is 5.70. The second-order valence-electron chi connectivity index (χ2n) is 7.31. The van der Waals surface area contributed by atoms with Gasteiger partial charge < -0.3 is 4.74 Å². The summed E-state index contributed by atoms with van der Waals surface area (Å²) in [6.45, 7) is 21.4. The molecule has 0 amide bonds. The molecule has 19 heavy (non-hydrogen) atoms. The molecule has 0 aliphatic carbocycles. The first-order valence-electron chi connectivity index (χ1n) is 6.93. The van der Waals surface area contributed by atoms with E-state index >= 15 is 0 Å². The van der Waals surface area contributed by atoms with Gasteiger partial charge >= 0.3 is 0 Å². The van der Waals surface area contributed by atoms with Crippen LogP contribution in [0.4, 0.5) is 0 Å². The number of allylic oxidation sites excluding steroid dienone is 1. The third-order valence-corrected chi connectivity index (χ3v) is 22.9. The second kappa shape index (κ2) is 7.61. The number of ether oxygens (including phenoxy) is 1. The molecule has 0 heterocycles. The Hall–Kier alpha value is 0.664. The molecular weight excluding hydrogens is 351 g/mol. The van der Waals surface area contributed by atoms with Crippen molar-refractivity contribution in [2.24, 2.45) is 0 Å². The van der Waals surface area contributed by atoms with E-state index < -0.39 is 22.8 Å². The summed E-state index contributed by atoms with van der Waals surface area (Å²) in [6, 6.07) is 0. The van der Waals surface area contributed by atoms with Gasteiger partial charge in [-0.2, -0.15) is 0 Å². The summed E-state index contributed by atoms with van der Waals surface area (Å²) in [5.74, 6) is 0. The van der Waals surface area contributed by atoms with Gasteiger partial charge in [0, 0.05) is 6.62 Å². The van der Waals surface area contributed by atoms with Crippen molar-refractivity contribution in [3.05, 3.63) is 16.8 Å². The Morgan fingerprint density at radius 3 is 1.79 bits per heavy atom. The number of halogens is 1. The molecule has 1 atom stereocenters. The van der Waals surface area contributed by atoms with Gasteiger partial charge in [-0.3, -0.25) is 0 Å². The molecule has 1 nitrogen and oxygen atoms in total. The Balaban J connectivity index is 5.65. The maximum absolute atomic E-state index is 5.90. The van der Waals surface area contributed by atoms with E-state index in [4.69, 9.17) is 4.74 Å². The van der Waals surface area contributed by atoms with E-state index in [0.29, 0.717) is 0 Å². The third-order valence-electron chi connectivity index (χ3n) is 2.70. The van der Waals surface area contributed by atoms with E-state index in [2.05, 4.69) is 81.3 Å². The molecule has 0 rings (SSSR count). The lowest BCUT2D eigenvalue weighted by atomic mass is 10.4. The number of hydrogen-bond donors (Lipinski definition) is 0. The van der Waals surface area contributed by atoms with Gasteiger partial charge in [0.05, 0.1) is 22.8 Å². The molecule has 5 heteroatoms. The Labute approximate surface area is 131 Å². The van der Waals surface area contributed by atoms with Crippen LogP contribution in [0.2, 0.25) is 39.3 Å². The van der Waals surface area contributed by atoms with Gasteiger partial charge in [0.15, 0.2) is 5.50 Å². The van der Waals surface area contributed by atoms with Gasteiger partial charge in [0.25, 0.3) is 0 Å². The van der Waals surface area contributed by atoms with Crippen LogP contribution in [0.3, 0.4) is 0 Å². The van der Waals surface area contributed by atoms with E-state index in [1.165, 1.54) is 5.57 Å². The quantitative estimate of drug-likeness (QED) is 0.226. The molecule has 0 aliphatic rings. The fourth-order valence-electron chi connectivity index (χ4n) is 2.60. The standard InChI is InChI=1S/C14H30BrOPSi2/c1-10-16-13(11-12(2)3)17(15)14(18(4,5)6)19(7,8)9/h14H,10H2,1-9H3. The third kappa shape index (κ3) is 6.77. The summed E-state index contributed by atoms with van der Waals surface area (Å²) in [4.78, 5) is 0.795. The summed E-state index contributed by atoms with van der Waals surface area (Å²) >= 11 is 4.01. The number of hydrogen-bond acceptors (Lipinski definition) is 1. The largest absolute Gasteiger partial charge is 0.485 e. The van der Waals surface area contributed by atoms with E-state index in [1.807, 2.05) is 0 Å². The van der Waals surface area contributed by atoms with Crippen LogP contribution in [0, 0.1) is 0 Å². The first-order chi connectivity index (χ1) is 8.41. The molecule has 0 aliphatic heterocycles. The molecule has 0 saturated heterocycles. The SMILES string of the molecule is CCOC(=C=C(C)C)P(Br)C([Si](C)(C)C)[Si](C)(C)C. The van der Waals surface area contributed by atoms with Gasteiger partial charge in [-0.15, -0.1) is 0 Å². The van der Waals surface area contributed by atoms with Crippen LogP contribution in [0.1, 0.15) is 20.8 Å². The maximum Gasteiger partial charge on any atom is 0.171 e. The minimum atomic E-state index is -1.23. The molecule has 0 bridgehead atoms. The van der Waals surface area contributed by atoms with E-state index in [-0.39, 0.29) is 0 Å². The van der Waals surface area contributed by atoms with Gasteiger partial charge in [0.1, 0.15) is 0 Å². The van der Waals surface area contributed by atoms with E-state index in [1.54, 1.807) is 0 Å². The lowest BCUT2D eigenvalue weighted by molar-refractivity contribution is 0.257. The smallest absolute Gasteiger partial charge is 0.171 e. The first-order valence-corrected chi connectivity index (χ1v) is 17.5. The van der Waals surface area contributed by atoms with Crippen molar-refractivity contribution in [1.82, 2.24) is 0 Å². The van der Waals surface area contributed by atoms with Crippen molar-refractivity contribution in [2.75, 3.05) is 6.61 Å². The lowest BCUT2D eigenvalue weighted by Crippen LogP contribution is -2.52. The predicted octanol–water partition coefficient (Wildman–Crippen LogP) is 6.34. The molecule has 0 aromatic carbocycles. The molecule has 0 spiro atoms. The van der Waals surface area contributed by atoms with Crippen LogP contribution < -0.4 is 0 Å². The fraction of sp³-hybridized carbons (Fsp3) is 0.786. The van der Waals surface area contributed by atoms with Gasteiger partial charge in [-0.25, -0.2) is 0 Å². The Kier molecular flexibility index (Phi) is 7.88. The molecule has 0 aromatic heterocycles.